The molecule has 1 aliphatic heterocycles. The normalized spacial score (nSPS) is 14.8. The van der Waals surface area contributed by atoms with Crippen LogP contribution < -0.4 is 0 Å². The third-order valence-electron chi connectivity index (χ3n) is 5.84. The molecule has 1 saturated heterocycles. The highest BCUT2D eigenvalue weighted by atomic mass is 79.9. The van der Waals surface area contributed by atoms with Crippen LogP contribution in [-0.4, -0.2) is 66.3 Å². The summed E-state index contributed by atoms with van der Waals surface area (Å²) in [5.41, 5.74) is 3.78. The van der Waals surface area contributed by atoms with E-state index in [-0.39, 0.29) is 5.91 Å². The lowest BCUT2D eigenvalue weighted by Gasteiger charge is -2.34. The van der Waals surface area contributed by atoms with Crippen molar-refractivity contribution in [2.75, 3.05) is 26.2 Å². The van der Waals surface area contributed by atoms with Crippen molar-refractivity contribution < 1.29 is 4.79 Å². The molecule has 8 nitrogen and oxygen atoms in total. The number of aryl methyl sites for hydroxylation is 1. The number of nitrogens with zero attached hydrogens (tertiary/aromatic N) is 7. The van der Waals surface area contributed by atoms with E-state index in [9.17, 15) is 4.79 Å². The van der Waals surface area contributed by atoms with Gasteiger partial charge in [0.05, 0.1) is 10.2 Å². The van der Waals surface area contributed by atoms with E-state index in [0.717, 1.165) is 47.1 Å². The molecule has 0 radical (unpaired) electrons. The van der Waals surface area contributed by atoms with E-state index in [1.165, 1.54) is 5.56 Å². The molecule has 4 aromatic rings. The molecule has 0 atom stereocenters. The topological polar surface area (TPSA) is 71.6 Å². The van der Waals surface area contributed by atoms with Gasteiger partial charge in [0, 0.05) is 62.8 Å². The smallest absolute Gasteiger partial charge is 0.274 e. The first-order valence-electron chi connectivity index (χ1n) is 10.9. The van der Waals surface area contributed by atoms with Crippen LogP contribution in [0, 0.1) is 0 Å². The molecule has 3 aromatic heterocycles. The van der Waals surface area contributed by atoms with Gasteiger partial charge < -0.3 is 4.90 Å². The second-order valence-corrected chi connectivity index (χ2v) is 9.30. The minimum atomic E-state index is -0.0734. The molecule has 0 N–H and O–H groups in total. The van der Waals surface area contributed by atoms with Gasteiger partial charge in [-0.2, -0.15) is 10.2 Å². The molecule has 33 heavy (non-hydrogen) atoms. The van der Waals surface area contributed by atoms with Gasteiger partial charge in [-0.05, 0) is 46.6 Å². The number of rotatable bonds is 5. The van der Waals surface area contributed by atoms with Gasteiger partial charge in [0.1, 0.15) is 5.69 Å². The molecule has 1 amide bonds. The Morgan fingerprint density at radius 1 is 1.09 bits per heavy atom. The molecular formula is C23H23BrClN7O. The standard InChI is InChI=1S/C23H23BrClN7O/c1-2-31-15-18(24)22(28-31)20-7-8-26-21-13-19(27-32(20)21)23(33)30-11-9-29(10-12-30)14-16-3-5-17(25)6-4-16/h3-8,13,15H,2,9-12,14H2,1H3. The number of amides is 1. The van der Waals surface area contributed by atoms with Crippen LogP contribution in [0.1, 0.15) is 23.0 Å². The van der Waals surface area contributed by atoms with Crippen molar-refractivity contribution in [2.24, 2.45) is 0 Å². The van der Waals surface area contributed by atoms with Crippen LogP contribution in [0.5, 0.6) is 0 Å². The van der Waals surface area contributed by atoms with Gasteiger partial charge in [0.25, 0.3) is 5.91 Å². The van der Waals surface area contributed by atoms with Crippen molar-refractivity contribution in [3.05, 3.63) is 69.5 Å². The molecule has 0 bridgehead atoms. The maximum Gasteiger partial charge on any atom is 0.274 e. The number of hydrogen-bond acceptors (Lipinski definition) is 5. The van der Waals surface area contributed by atoms with Gasteiger partial charge in [0.2, 0.25) is 0 Å². The van der Waals surface area contributed by atoms with Crippen molar-refractivity contribution in [2.45, 2.75) is 20.0 Å². The number of carbonyl (C=O) groups excluding carboxylic acids is 1. The van der Waals surface area contributed by atoms with Crippen LogP contribution in [0.25, 0.3) is 17.0 Å². The van der Waals surface area contributed by atoms with Crippen LogP contribution in [0.3, 0.4) is 0 Å². The molecule has 0 spiro atoms. The van der Waals surface area contributed by atoms with Crippen LogP contribution in [0.4, 0.5) is 0 Å². The van der Waals surface area contributed by atoms with Gasteiger partial charge in [0.15, 0.2) is 11.3 Å². The molecule has 1 aliphatic rings. The number of piperazine rings is 1. The Morgan fingerprint density at radius 2 is 1.85 bits per heavy atom. The Kier molecular flexibility index (Phi) is 6.18. The number of benzene rings is 1. The zero-order chi connectivity index (χ0) is 22.9. The summed E-state index contributed by atoms with van der Waals surface area (Å²) in [6.45, 7) is 6.59. The molecule has 4 heterocycles. The van der Waals surface area contributed by atoms with E-state index in [0.29, 0.717) is 24.4 Å². The summed E-state index contributed by atoms with van der Waals surface area (Å²) in [6.07, 6.45) is 3.65. The van der Waals surface area contributed by atoms with E-state index in [1.54, 1.807) is 16.8 Å². The summed E-state index contributed by atoms with van der Waals surface area (Å²) in [6, 6.07) is 11.5. The lowest BCUT2D eigenvalue weighted by molar-refractivity contribution is 0.0622. The fourth-order valence-electron chi connectivity index (χ4n) is 4.03. The molecule has 5 rings (SSSR count). The minimum Gasteiger partial charge on any atom is -0.335 e. The van der Waals surface area contributed by atoms with E-state index in [1.807, 2.05) is 53.0 Å². The minimum absolute atomic E-state index is 0.0734. The number of fused-ring (bicyclic) bond motifs is 1. The lowest BCUT2D eigenvalue weighted by atomic mass is 10.2. The third-order valence-corrected chi connectivity index (χ3v) is 6.67. The highest BCUT2D eigenvalue weighted by Gasteiger charge is 2.25. The SMILES string of the molecule is CCn1cc(Br)c(-c2ccnc3cc(C(=O)N4CCN(Cc5ccc(Cl)cc5)CC4)nn23)n1. The number of carbonyl (C=O) groups is 1. The zero-order valence-electron chi connectivity index (χ0n) is 18.2. The van der Waals surface area contributed by atoms with Crippen molar-refractivity contribution >= 4 is 39.1 Å². The summed E-state index contributed by atoms with van der Waals surface area (Å²) >= 11 is 9.56. The van der Waals surface area contributed by atoms with Crippen molar-refractivity contribution in [1.82, 2.24) is 34.2 Å². The van der Waals surface area contributed by atoms with E-state index in [2.05, 4.69) is 36.0 Å². The number of aromatic nitrogens is 5. The Morgan fingerprint density at radius 3 is 2.55 bits per heavy atom. The Labute approximate surface area is 204 Å². The molecule has 0 saturated carbocycles. The van der Waals surface area contributed by atoms with E-state index >= 15 is 0 Å². The molecule has 0 aliphatic carbocycles. The third kappa shape index (κ3) is 4.53. The molecule has 1 aromatic carbocycles. The molecule has 0 unspecified atom stereocenters. The molecular weight excluding hydrogens is 506 g/mol. The van der Waals surface area contributed by atoms with Crippen LogP contribution in [0.15, 0.2) is 53.3 Å². The fraction of sp³-hybridized carbons (Fsp3) is 0.304. The van der Waals surface area contributed by atoms with Crippen molar-refractivity contribution in [3.63, 3.8) is 0 Å². The summed E-state index contributed by atoms with van der Waals surface area (Å²) in [5, 5.41) is 9.96. The second kappa shape index (κ2) is 9.24. The Balaban J connectivity index is 1.31. The van der Waals surface area contributed by atoms with Gasteiger partial charge in [-0.3, -0.25) is 14.4 Å². The average molecular weight is 529 g/mol. The fourth-order valence-corrected chi connectivity index (χ4v) is 4.68. The predicted molar refractivity (Wildman–Crippen MR) is 130 cm³/mol. The summed E-state index contributed by atoms with van der Waals surface area (Å²) in [7, 11) is 0. The van der Waals surface area contributed by atoms with Gasteiger partial charge in [-0.15, -0.1) is 0 Å². The number of halogens is 2. The van der Waals surface area contributed by atoms with Gasteiger partial charge in [-0.25, -0.2) is 9.50 Å². The monoisotopic (exact) mass is 527 g/mol. The van der Waals surface area contributed by atoms with Gasteiger partial charge in [-0.1, -0.05) is 23.7 Å². The predicted octanol–water partition coefficient (Wildman–Crippen LogP) is 3.99. The van der Waals surface area contributed by atoms with E-state index in [4.69, 9.17) is 11.6 Å². The second-order valence-electron chi connectivity index (χ2n) is 8.01. The van der Waals surface area contributed by atoms with Crippen molar-refractivity contribution in [1.29, 1.82) is 0 Å². The Hall–Kier alpha value is -2.75. The first kappa shape index (κ1) is 22.1. The van der Waals surface area contributed by atoms with Crippen LogP contribution in [0.2, 0.25) is 5.02 Å². The summed E-state index contributed by atoms with van der Waals surface area (Å²) in [5.74, 6) is -0.0734. The maximum atomic E-state index is 13.2. The summed E-state index contributed by atoms with van der Waals surface area (Å²) < 4.78 is 4.42. The quantitative estimate of drug-likeness (QED) is 0.392. The molecule has 1 fully saturated rings. The molecule has 170 valence electrons. The highest BCUT2D eigenvalue weighted by Crippen LogP contribution is 2.27. The first-order valence-corrected chi connectivity index (χ1v) is 12.0. The van der Waals surface area contributed by atoms with Crippen LogP contribution >= 0.6 is 27.5 Å². The molecule has 10 heteroatoms. The first-order chi connectivity index (χ1) is 16.0. The summed E-state index contributed by atoms with van der Waals surface area (Å²) in [4.78, 5) is 21.8. The van der Waals surface area contributed by atoms with E-state index < -0.39 is 0 Å². The van der Waals surface area contributed by atoms with Crippen LogP contribution in [-0.2, 0) is 13.1 Å². The van der Waals surface area contributed by atoms with Gasteiger partial charge >= 0.3 is 0 Å². The maximum absolute atomic E-state index is 13.2. The lowest BCUT2D eigenvalue weighted by Crippen LogP contribution is -2.48. The van der Waals surface area contributed by atoms with Crippen molar-refractivity contribution in [3.8, 4) is 11.4 Å². The largest absolute Gasteiger partial charge is 0.335 e. The highest BCUT2D eigenvalue weighted by molar-refractivity contribution is 9.10. The zero-order valence-corrected chi connectivity index (χ0v) is 20.5. The Bertz CT molecular complexity index is 1290. The number of hydrogen-bond donors (Lipinski definition) is 0. The average Bonchev–Trinajstić information content (AvgIpc) is 3.44.